The molecule has 0 radical (unpaired) electrons. The molecule has 0 aromatic rings. The summed E-state index contributed by atoms with van der Waals surface area (Å²) in [6.45, 7) is 3.80. The summed E-state index contributed by atoms with van der Waals surface area (Å²) in [5.74, 6) is 1.50. The monoisotopic (exact) mass is 203 g/mol. The van der Waals surface area contributed by atoms with Crippen molar-refractivity contribution in [2.24, 2.45) is 0 Å². The predicted molar refractivity (Wildman–Crippen MR) is 43.5 cm³/mol. The van der Waals surface area contributed by atoms with Crippen molar-refractivity contribution >= 4 is 30.0 Å². The van der Waals surface area contributed by atoms with Gasteiger partial charge in [0.15, 0.2) is 6.09 Å². The van der Waals surface area contributed by atoms with Crippen LogP contribution in [0.3, 0.4) is 0 Å². The van der Waals surface area contributed by atoms with Crippen molar-refractivity contribution in [3.05, 3.63) is 0 Å². The Morgan fingerprint density at radius 3 is 1.91 bits per heavy atom. The molecular formula is C5H10NNaO2S2. The Hall–Kier alpha value is 0.970. The number of amides is 1. The van der Waals surface area contributed by atoms with E-state index in [2.05, 4.69) is 0 Å². The first-order valence-corrected chi connectivity index (χ1v) is 4.87. The van der Waals surface area contributed by atoms with E-state index in [0.29, 0.717) is 0 Å². The van der Waals surface area contributed by atoms with Crippen LogP contribution in [-0.4, -0.2) is 21.3 Å². The number of hydrogen-bond donors (Lipinski definition) is 0. The van der Waals surface area contributed by atoms with Crippen LogP contribution in [0.2, 0.25) is 0 Å². The van der Waals surface area contributed by atoms with Gasteiger partial charge in [-0.15, -0.1) is 0 Å². The van der Waals surface area contributed by atoms with E-state index in [1.165, 1.54) is 27.6 Å². The summed E-state index contributed by atoms with van der Waals surface area (Å²) in [5, 5.41) is 10.3. The Balaban J connectivity index is 0. The molecule has 0 saturated heterocycles. The summed E-state index contributed by atoms with van der Waals surface area (Å²) in [7, 11) is 0. The van der Waals surface area contributed by atoms with Gasteiger partial charge in [0.05, 0.1) is 0 Å². The molecule has 0 unspecified atom stereocenters. The largest absolute Gasteiger partial charge is 1.00 e. The zero-order valence-electron chi connectivity index (χ0n) is 6.99. The summed E-state index contributed by atoms with van der Waals surface area (Å²) < 4.78 is 1.17. The Bertz CT molecular complexity index is 109. The summed E-state index contributed by atoms with van der Waals surface area (Å²) >= 11 is 2.49. The number of carbonyl (C=O) groups is 1. The maximum Gasteiger partial charge on any atom is 1.00 e. The van der Waals surface area contributed by atoms with Crippen molar-refractivity contribution in [2.45, 2.75) is 13.8 Å². The van der Waals surface area contributed by atoms with E-state index in [1.807, 2.05) is 13.8 Å². The second-order valence-electron chi connectivity index (χ2n) is 1.36. The Kier molecular flexibility index (Phi) is 11.9. The van der Waals surface area contributed by atoms with Crippen LogP contribution >= 0.6 is 23.9 Å². The van der Waals surface area contributed by atoms with Crippen LogP contribution in [0.15, 0.2) is 0 Å². The molecule has 0 rings (SSSR count). The molecule has 0 aliphatic rings. The second kappa shape index (κ2) is 9.06. The van der Waals surface area contributed by atoms with Gasteiger partial charge >= 0.3 is 29.6 Å². The fourth-order valence-corrected chi connectivity index (χ4v) is 1.99. The third-order valence-corrected chi connectivity index (χ3v) is 2.56. The third kappa shape index (κ3) is 7.33. The van der Waals surface area contributed by atoms with Crippen molar-refractivity contribution in [1.29, 1.82) is 0 Å². The quantitative estimate of drug-likeness (QED) is 0.390. The molecule has 0 spiro atoms. The maximum absolute atomic E-state index is 10.3. The molecule has 0 aliphatic heterocycles. The fraction of sp³-hybridized carbons (Fsp3) is 0.800. The van der Waals surface area contributed by atoms with Gasteiger partial charge in [-0.3, -0.25) is 0 Å². The van der Waals surface area contributed by atoms with Crippen molar-refractivity contribution in [3.63, 3.8) is 0 Å². The molecule has 0 atom stereocenters. The van der Waals surface area contributed by atoms with Crippen molar-refractivity contribution in [1.82, 2.24) is 3.71 Å². The molecule has 0 aliphatic carbocycles. The van der Waals surface area contributed by atoms with Gasteiger partial charge in [0.25, 0.3) is 0 Å². The minimum absolute atomic E-state index is 0. The molecule has 0 heterocycles. The summed E-state index contributed by atoms with van der Waals surface area (Å²) in [6.07, 6.45) is -1.13. The van der Waals surface area contributed by atoms with E-state index in [4.69, 9.17) is 0 Å². The van der Waals surface area contributed by atoms with Crippen LogP contribution in [0.25, 0.3) is 0 Å². The van der Waals surface area contributed by atoms with E-state index in [1.54, 1.807) is 0 Å². The molecule has 1 amide bonds. The molecule has 0 aromatic carbocycles. The smallest absolute Gasteiger partial charge is 0.529 e. The summed E-state index contributed by atoms with van der Waals surface area (Å²) in [4.78, 5) is 10.3. The number of carbonyl (C=O) groups excluding carboxylic acids is 1. The average Bonchev–Trinajstić information content (AvgIpc) is 1.87. The molecule has 60 valence electrons. The van der Waals surface area contributed by atoms with E-state index < -0.39 is 6.09 Å². The molecule has 0 saturated carbocycles. The van der Waals surface area contributed by atoms with Gasteiger partial charge < -0.3 is 9.90 Å². The van der Waals surface area contributed by atoms with Crippen molar-refractivity contribution < 1.29 is 39.5 Å². The van der Waals surface area contributed by atoms with Gasteiger partial charge in [-0.2, -0.15) is 0 Å². The first-order valence-electron chi connectivity index (χ1n) is 2.99. The minimum atomic E-state index is -1.13. The van der Waals surface area contributed by atoms with Gasteiger partial charge in [0.1, 0.15) is 0 Å². The van der Waals surface area contributed by atoms with E-state index in [0.717, 1.165) is 11.5 Å². The van der Waals surface area contributed by atoms with Gasteiger partial charge in [-0.05, 0) is 23.9 Å². The Morgan fingerprint density at radius 1 is 1.36 bits per heavy atom. The molecule has 0 aromatic heterocycles. The predicted octanol–water partition coefficient (Wildman–Crippen LogP) is -2.03. The second-order valence-corrected chi connectivity index (χ2v) is 3.99. The normalized spacial score (nSPS) is 8.55. The number of hydrogen-bond acceptors (Lipinski definition) is 4. The summed E-state index contributed by atoms with van der Waals surface area (Å²) in [6, 6.07) is 0. The zero-order valence-corrected chi connectivity index (χ0v) is 10.6. The number of nitrogens with zero attached hydrogens (tertiary/aromatic N) is 1. The SMILES string of the molecule is CCSN(SCC)C(=O)[O-].[Na+]. The zero-order chi connectivity index (χ0) is 7.98. The summed E-state index contributed by atoms with van der Waals surface area (Å²) in [5.41, 5.74) is 0. The number of rotatable bonds is 4. The van der Waals surface area contributed by atoms with Crippen LogP contribution in [0.5, 0.6) is 0 Å². The number of carboxylic acid groups (broad SMARTS) is 1. The van der Waals surface area contributed by atoms with E-state index in [-0.39, 0.29) is 29.6 Å². The van der Waals surface area contributed by atoms with Crippen molar-refractivity contribution in [2.75, 3.05) is 11.5 Å². The van der Waals surface area contributed by atoms with Crippen LogP contribution in [0.1, 0.15) is 13.8 Å². The van der Waals surface area contributed by atoms with E-state index >= 15 is 0 Å². The van der Waals surface area contributed by atoms with Gasteiger partial charge in [0, 0.05) is 11.5 Å². The molecule has 0 N–H and O–H groups in total. The van der Waals surface area contributed by atoms with E-state index in [9.17, 15) is 9.90 Å². The molecule has 3 nitrogen and oxygen atoms in total. The van der Waals surface area contributed by atoms with Gasteiger partial charge in [-0.25, -0.2) is 3.71 Å². The minimum Gasteiger partial charge on any atom is -0.529 e. The van der Waals surface area contributed by atoms with Crippen LogP contribution in [-0.2, 0) is 0 Å². The Morgan fingerprint density at radius 2 is 1.73 bits per heavy atom. The van der Waals surface area contributed by atoms with Gasteiger partial charge in [0.2, 0.25) is 0 Å². The molecule has 6 heteroatoms. The maximum atomic E-state index is 10.3. The molecule has 11 heavy (non-hydrogen) atoms. The standard InChI is InChI=1S/C5H11NO2S2.Na/c1-3-9-6(5(7)8)10-4-2;/h3-4H2,1-2H3,(H,7,8);/q;+1/p-1. The molecule has 0 bridgehead atoms. The third-order valence-electron chi connectivity index (χ3n) is 0.642. The van der Waals surface area contributed by atoms with Gasteiger partial charge in [-0.1, -0.05) is 13.8 Å². The average molecular weight is 203 g/mol. The first-order chi connectivity index (χ1) is 4.72. The van der Waals surface area contributed by atoms with Crippen LogP contribution in [0, 0.1) is 0 Å². The molecular weight excluding hydrogens is 193 g/mol. The topological polar surface area (TPSA) is 43.4 Å². The van der Waals surface area contributed by atoms with Crippen LogP contribution < -0.4 is 34.7 Å². The molecule has 0 fully saturated rings. The fourth-order valence-electron chi connectivity index (χ4n) is 0.377. The van der Waals surface area contributed by atoms with Crippen molar-refractivity contribution in [3.8, 4) is 0 Å². The Labute approximate surface area is 97.8 Å². The van der Waals surface area contributed by atoms with Crippen LogP contribution in [0.4, 0.5) is 4.79 Å². The first kappa shape index (κ1) is 14.5.